The standard InChI is InChI=1S/C37H40N6O6S/c1-37(2,3)27-17-19-28(20-18-27)50(45,46)43-33-32(49-30-15-9-8-14-29(30)47-4)36(42-35(41-33)34-39-22-11-23-40-34)48-25-10-16-31(44)38-24-21-26-12-6-5-7-13-26/h5-9,11-15,17-20,22-23H,10,16,21,24-25H2,1-4H3,(H,38,44)(H,41,42,43). The van der Waals surface area contributed by atoms with Crippen LogP contribution in [0.1, 0.15) is 44.7 Å². The molecule has 0 aliphatic heterocycles. The Labute approximate surface area is 292 Å². The molecule has 0 aliphatic rings. The smallest absolute Gasteiger partial charge is 0.263 e. The Morgan fingerprint density at radius 1 is 0.820 bits per heavy atom. The Balaban J connectivity index is 1.44. The lowest BCUT2D eigenvalue weighted by atomic mass is 9.87. The zero-order valence-corrected chi connectivity index (χ0v) is 29.2. The molecule has 0 saturated heterocycles. The van der Waals surface area contributed by atoms with Crippen molar-refractivity contribution < 1.29 is 27.4 Å². The summed E-state index contributed by atoms with van der Waals surface area (Å²) in [6, 6.07) is 25.0. The van der Waals surface area contributed by atoms with E-state index in [0.29, 0.717) is 18.7 Å². The Morgan fingerprint density at radius 3 is 2.18 bits per heavy atom. The Bertz CT molecular complexity index is 1990. The number of anilines is 1. The van der Waals surface area contributed by atoms with Gasteiger partial charge in [0.05, 0.1) is 18.6 Å². The second-order valence-corrected chi connectivity index (χ2v) is 14.0. The fraction of sp³-hybridized carbons (Fsp3) is 0.270. The van der Waals surface area contributed by atoms with Crippen molar-refractivity contribution in [1.29, 1.82) is 0 Å². The minimum absolute atomic E-state index is 0.00703. The number of methoxy groups -OCH3 is 1. The third-order valence-corrected chi connectivity index (χ3v) is 8.86. The van der Waals surface area contributed by atoms with Gasteiger partial charge in [-0.2, -0.15) is 4.98 Å². The van der Waals surface area contributed by atoms with Gasteiger partial charge < -0.3 is 19.5 Å². The molecule has 13 heteroatoms. The van der Waals surface area contributed by atoms with Gasteiger partial charge in [0.1, 0.15) is 0 Å². The summed E-state index contributed by atoms with van der Waals surface area (Å²) < 4.78 is 48.0. The number of hydrogen-bond acceptors (Lipinski definition) is 10. The molecular formula is C37H40N6O6S. The molecule has 0 bridgehead atoms. The quantitative estimate of drug-likeness (QED) is 0.118. The molecule has 0 radical (unpaired) electrons. The molecule has 1 amide bonds. The molecule has 0 atom stereocenters. The number of nitrogens with one attached hydrogen (secondary N) is 2. The lowest BCUT2D eigenvalue weighted by molar-refractivity contribution is -0.121. The highest BCUT2D eigenvalue weighted by Gasteiger charge is 2.26. The van der Waals surface area contributed by atoms with Crippen LogP contribution in [0.5, 0.6) is 23.1 Å². The topological polar surface area (TPSA) is 155 Å². The van der Waals surface area contributed by atoms with Crippen LogP contribution in [0.25, 0.3) is 11.6 Å². The number of carbonyl (C=O) groups is 1. The first-order chi connectivity index (χ1) is 24.0. The predicted molar refractivity (Wildman–Crippen MR) is 190 cm³/mol. The van der Waals surface area contributed by atoms with E-state index in [-0.39, 0.29) is 64.1 Å². The van der Waals surface area contributed by atoms with Crippen molar-refractivity contribution in [3.63, 3.8) is 0 Å². The number of benzene rings is 3. The highest BCUT2D eigenvalue weighted by Crippen LogP contribution is 2.41. The summed E-state index contributed by atoms with van der Waals surface area (Å²) in [7, 11) is -2.70. The maximum atomic E-state index is 13.8. The zero-order chi connectivity index (χ0) is 35.6. The molecular weight excluding hydrogens is 657 g/mol. The van der Waals surface area contributed by atoms with E-state index in [0.717, 1.165) is 17.5 Å². The van der Waals surface area contributed by atoms with E-state index in [2.05, 4.69) is 30.0 Å². The van der Waals surface area contributed by atoms with E-state index in [4.69, 9.17) is 14.2 Å². The molecule has 2 aromatic heterocycles. The van der Waals surface area contributed by atoms with E-state index in [1.807, 2.05) is 51.1 Å². The maximum Gasteiger partial charge on any atom is 0.263 e. The number of nitrogens with zero attached hydrogens (tertiary/aromatic N) is 4. The van der Waals surface area contributed by atoms with Crippen molar-refractivity contribution in [2.75, 3.05) is 25.0 Å². The Hall–Kier alpha value is -5.56. The normalized spacial score (nSPS) is 11.4. The van der Waals surface area contributed by atoms with E-state index < -0.39 is 10.0 Å². The van der Waals surface area contributed by atoms with E-state index in [1.165, 1.54) is 31.6 Å². The zero-order valence-electron chi connectivity index (χ0n) is 28.4. The number of para-hydroxylation sites is 2. The third kappa shape index (κ3) is 9.53. The van der Waals surface area contributed by atoms with Crippen LogP contribution in [0.3, 0.4) is 0 Å². The summed E-state index contributed by atoms with van der Waals surface area (Å²) in [6.07, 6.45) is 4.29. The number of aromatic nitrogens is 4. The van der Waals surface area contributed by atoms with Crippen molar-refractivity contribution >= 4 is 21.7 Å². The summed E-state index contributed by atoms with van der Waals surface area (Å²) in [5.74, 6) is 0.243. The molecule has 12 nitrogen and oxygen atoms in total. The van der Waals surface area contributed by atoms with Crippen LogP contribution in [0.15, 0.2) is 102 Å². The summed E-state index contributed by atoms with van der Waals surface area (Å²) in [5.41, 5.74) is 1.94. The summed E-state index contributed by atoms with van der Waals surface area (Å²) in [4.78, 5) is 30.1. The van der Waals surface area contributed by atoms with Gasteiger partial charge in [-0.15, -0.1) is 0 Å². The number of sulfonamides is 1. The monoisotopic (exact) mass is 696 g/mol. The average molecular weight is 697 g/mol. The van der Waals surface area contributed by atoms with Crippen LogP contribution in [0, 0.1) is 0 Å². The molecule has 3 aromatic carbocycles. The molecule has 0 fully saturated rings. The molecule has 0 aliphatic carbocycles. The van der Waals surface area contributed by atoms with Crippen molar-refractivity contribution in [3.8, 4) is 34.8 Å². The highest BCUT2D eigenvalue weighted by atomic mass is 32.2. The third-order valence-electron chi connectivity index (χ3n) is 7.51. The van der Waals surface area contributed by atoms with Gasteiger partial charge in [0.25, 0.3) is 15.9 Å². The van der Waals surface area contributed by atoms with Crippen molar-refractivity contribution in [2.24, 2.45) is 0 Å². The predicted octanol–water partition coefficient (Wildman–Crippen LogP) is 6.35. The minimum atomic E-state index is -4.19. The number of amides is 1. The van der Waals surface area contributed by atoms with E-state index in [9.17, 15) is 13.2 Å². The van der Waals surface area contributed by atoms with Gasteiger partial charge in [-0.3, -0.25) is 9.52 Å². The fourth-order valence-electron chi connectivity index (χ4n) is 4.82. The summed E-state index contributed by atoms with van der Waals surface area (Å²) in [6.45, 7) is 6.70. The summed E-state index contributed by atoms with van der Waals surface area (Å²) >= 11 is 0. The first-order valence-electron chi connectivity index (χ1n) is 16.1. The molecule has 0 saturated carbocycles. The van der Waals surface area contributed by atoms with Gasteiger partial charge in [0.2, 0.25) is 17.5 Å². The van der Waals surface area contributed by atoms with Gasteiger partial charge in [0, 0.05) is 25.4 Å². The molecule has 2 N–H and O–H groups in total. The van der Waals surface area contributed by atoms with Gasteiger partial charge >= 0.3 is 0 Å². The van der Waals surface area contributed by atoms with Crippen LogP contribution in [0.4, 0.5) is 5.82 Å². The van der Waals surface area contributed by atoms with Crippen LogP contribution >= 0.6 is 0 Å². The second kappa shape index (κ2) is 16.2. The van der Waals surface area contributed by atoms with Crippen LogP contribution < -0.4 is 24.2 Å². The van der Waals surface area contributed by atoms with Crippen molar-refractivity contribution in [3.05, 3.63) is 108 Å². The number of ether oxygens (including phenoxy) is 3. The van der Waals surface area contributed by atoms with Crippen molar-refractivity contribution in [1.82, 2.24) is 25.3 Å². The molecule has 5 rings (SSSR count). The molecule has 50 heavy (non-hydrogen) atoms. The number of hydrogen-bond donors (Lipinski definition) is 2. The fourth-order valence-corrected chi connectivity index (χ4v) is 5.82. The van der Waals surface area contributed by atoms with Crippen LogP contribution in [-0.2, 0) is 26.7 Å². The first-order valence-corrected chi connectivity index (χ1v) is 17.6. The first kappa shape index (κ1) is 35.7. The van der Waals surface area contributed by atoms with Gasteiger partial charge in [-0.05, 0) is 59.7 Å². The van der Waals surface area contributed by atoms with Gasteiger partial charge in [-0.1, -0.05) is 75.4 Å². The van der Waals surface area contributed by atoms with E-state index >= 15 is 0 Å². The second-order valence-electron chi connectivity index (χ2n) is 12.3. The maximum absolute atomic E-state index is 13.8. The number of carbonyl (C=O) groups excluding carboxylic acids is 1. The molecule has 2 heterocycles. The highest BCUT2D eigenvalue weighted by molar-refractivity contribution is 7.92. The summed E-state index contributed by atoms with van der Waals surface area (Å²) in [5, 5.41) is 2.93. The Kier molecular flexibility index (Phi) is 11.6. The van der Waals surface area contributed by atoms with Crippen molar-refractivity contribution in [2.45, 2.75) is 50.3 Å². The Morgan fingerprint density at radius 2 is 1.50 bits per heavy atom. The van der Waals surface area contributed by atoms with Crippen LogP contribution in [-0.4, -0.2) is 54.5 Å². The molecule has 0 spiro atoms. The molecule has 260 valence electrons. The molecule has 0 unspecified atom stereocenters. The minimum Gasteiger partial charge on any atom is -0.493 e. The van der Waals surface area contributed by atoms with Gasteiger partial charge in [-0.25, -0.2) is 23.4 Å². The lowest BCUT2D eigenvalue weighted by Crippen LogP contribution is -2.25. The average Bonchev–Trinajstić information content (AvgIpc) is 3.11. The largest absolute Gasteiger partial charge is 0.493 e. The van der Waals surface area contributed by atoms with Gasteiger partial charge in [0.15, 0.2) is 23.1 Å². The van der Waals surface area contributed by atoms with Crippen LogP contribution in [0.2, 0.25) is 0 Å². The lowest BCUT2D eigenvalue weighted by Gasteiger charge is -2.20. The SMILES string of the molecule is COc1ccccc1Oc1c(NS(=O)(=O)c2ccc(C(C)(C)C)cc2)nc(-c2ncccn2)nc1OCCCC(=O)NCCc1ccccc1. The number of rotatable bonds is 15. The molecule has 5 aromatic rings. The van der Waals surface area contributed by atoms with E-state index in [1.54, 1.807) is 42.5 Å².